The highest BCUT2D eigenvalue weighted by Crippen LogP contribution is 2.30. The number of halogens is 3. The van der Waals surface area contributed by atoms with Gasteiger partial charge in [0, 0.05) is 16.6 Å². The molecule has 0 unspecified atom stereocenters. The van der Waals surface area contributed by atoms with E-state index in [1.165, 1.54) is 17.4 Å². The summed E-state index contributed by atoms with van der Waals surface area (Å²) in [5, 5.41) is 8.30. The molecule has 0 aliphatic carbocycles. The maximum absolute atomic E-state index is 12.7. The smallest absolute Gasteiger partial charge is 0.416 e. The Morgan fingerprint density at radius 1 is 1.07 bits per heavy atom. The first-order chi connectivity index (χ1) is 12.8. The van der Waals surface area contributed by atoms with E-state index in [2.05, 4.69) is 10.6 Å². The van der Waals surface area contributed by atoms with E-state index in [1.54, 1.807) is 12.1 Å². The molecule has 0 atom stereocenters. The topological polar surface area (TPSA) is 71.3 Å². The van der Waals surface area contributed by atoms with E-state index in [1.807, 2.05) is 16.8 Å². The van der Waals surface area contributed by atoms with Crippen LogP contribution < -0.4 is 10.6 Å². The van der Waals surface area contributed by atoms with Crippen molar-refractivity contribution in [2.24, 2.45) is 0 Å². The minimum Gasteiger partial charge on any atom is -0.459 e. The van der Waals surface area contributed by atoms with Gasteiger partial charge in [-0.2, -0.15) is 24.5 Å². The molecule has 9 heteroatoms. The molecule has 0 spiro atoms. The van der Waals surface area contributed by atoms with E-state index in [9.17, 15) is 22.8 Å². The van der Waals surface area contributed by atoms with Crippen LogP contribution in [0, 0.1) is 0 Å². The molecule has 5 nitrogen and oxygen atoms in total. The van der Waals surface area contributed by atoms with Gasteiger partial charge >= 0.3 is 18.0 Å². The second kappa shape index (κ2) is 7.67. The fourth-order valence-corrected chi connectivity index (χ4v) is 2.89. The Morgan fingerprint density at radius 2 is 1.89 bits per heavy atom. The first-order valence-electron chi connectivity index (χ1n) is 7.70. The van der Waals surface area contributed by atoms with Crippen molar-refractivity contribution < 1.29 is 27.2 Å². The fourth-order valence-electron chi connectivity index (χ4n) is 2.24. The highest BCUT2D eigenvalue weighted by molar-refractivity contribution is 7.08. The molecule has 0 aliphatic heterocycles. The number of nitrogens with one attached hydrogen (secondary N) is 2. The summed E-state index contributed by atoms with van der Waals surface area (Å²) in [5.41, 5.74) is -0.139. The Bertz CT molecular complexity index is 949. The summed E-state index contributed by atoms with van der Waals surface area (Å²) < 4.78 is 43.6. The third-order valence-electron chi connectivity index (χ3n) is 3.54. The van der Waals surface area contributed by atoms with E-state index in [-0.39, 0.29) is 12.2 Å². The first kappa shape index (κ1) is 18.7. The second-order valence-electron chi connectivity index (χ2n) is 5.49. The molecule has 0 aliphatic rings. The molecule has 0 fully saturated rings. The van der Waals surface area contributed by atoms with Gasteiger partial charge in [-0.1, -0.05) is 6.07 Å². The molecule has 140 valence electrons. The van der Waals surface area contributed by atoms with Crippen LogP contribution in [-0.2, 0) is 22.3 Å². The lowest BCUT2D eigenvalue weighted by Crippen LogP contribution is -2.34. The number of rotatable bonds is 4. The number of alkyl halides is 3. The predicted molar refractivity (Wildman–Crippen MR) is 93.9 cm³/mol. The van der Waals surface area contributed by atoms with Crippen molar-refractivity contribution >= 4 is 28.8 Å². The Balaban J connectivity index is 1.56. The van der Waals surface area contributed by atoms with Crippen LogP contribution in [0.3, 0.4) is 0 Å². The number of hydrogen-bond donors (Lipinski definition) is 2. The van der Waals surface area contributed by atoms with Gasteiger partial charge in [-0.05, 0) is 41.8 Å². The average Bonchev–Trinajstić information content (AvgIpc) is 3.30. The molecule has 3 aromatic rings. The zero-order valence-corrected chi connectivity index (χ0v) is 14.5. The summed E-state index contributed by atoms with van der Waals surface area (Å²) in [6.45, 7) is -0.0288. The molecule has 0 radical (unpaired) electrons. The molecule has 27 heavy (non-hydrogen) atoms. The van der Waals surface area contributed by atoms with Crippen LogP contribution in [-0.4, -0.2) is 11.8 Å². The van der Waals surface area contributed by atoms with Gasteiger partial charge in [-0.25, -0.2) is 0 Å². The average molecular weight is 394 g/mol. The fraction of sp³-hybridized carbons (Fsp3) is 0.111. The highest BCUT2D eigenvalue weighted by atomic mass is 32.1. The normalized spacial score (nSPS) is 11.2. The number of thiophene rings is 1. The van der Waals surface area contributed by atoms with Crippen LogP contribution in [0.5, 0.6) is 0 Å². The van der Waals surface area contributed by atoms with Crippen molar-refractivity contribution in [3.05, 3.63) is 64.5 Å². The molecule has 0 saturated carbocycles. The van der Waals surface area contributed by atoms with Crippen LogP contribution in [0.4, 0.5) is 18.9 Å². The lowest BCUT2D eigenvalue weighted by atomic mass is 10.2. The highest BCUT2D eigenvalue weighted by Gasteiger charge is 2.30. The number of benzene rings is 1. The largest absolute Gasteiger partial charge is 0.459 e. The number of amides is 2. The van der Waals surface area contributed by atoms with E-state index in [4.69, 9.17) is 4.42 Å². The zero-order chi connectivity index (χ0) is 19.4. The summed E-state index contributed by atoms with van der Waals surface area (Å²) >= 11 is 1.52. The van der Waals surface area contributed by atoms with E-state index in [0.717, 1.165) is 23.8 Å². The van der Waals surface area contributed by atoms with Crippen molar-refractivity contribution in [2.75, 3.05) is 5.32 Å². The molecule has 0 saturated heterocycles. The van der Waals surface area contributed by atoms with Gasteiger partial charge in [0.15, 0.2) is 0 Å². The number of furan rings is 1. The van der Waals surface area contributed by atoms with Crippen molar-refractivity contribution in [3.63, 3.8) is 0 Å². The summed E-state index contributed by atoms with van der Waals surface area (Å²) in [6.07, 6.45) is -4.54. The maximum atomic E-state index is 12.7. The van der Waals surface area contributed by atoms with E-state index >= 15 is 0 Å². The van der Waals surface area contributed by atoms with Crippen LogP contribution in [0.1, 0.15) is 11.3 Å². The van der Waals surface area contributed by atoms with E-state index < -0.39 is 23.6 Å². The van der Waals surface area contributed by atoms with Gasteiger partial charge < -0.3 is 15.1 Å². The van der Waals surface area contributed by atoms with Crippen LogP contribution in [0.2, 0.25) is 0 Å². The first-order valence-corrected chi connectivity index (χ1v) is 8.65. The summed E-state index contributed by atoms with van der Waals surface area (Å²) in [4.78, 5) is 23.7. The number of carbonyl (C=O) groups is 2. The lowest BCUT2D eigenvalue weighted by molar-refractivity contribution is -0.137. The third-order valence-corrected chi connectivity index (χ3v) is 4.23. The monoisotopic (exact) mass is 394 g/mol. The van der Waals surface area contributed by atoms with Gasteiger partial charge in [0.05, 0.1) is 12.1 Å². The molecule has 1 aromatic carbocycles. The Hall–Kier alpha value is -3.07. The van der Waals surface area contributed by atoms with Crippen LogP contribution in [0.25, 0.3) is 11.3 Å². The lowest BCUT2D eigenvalue weighted by Gasteiger charge is -2.09. The number of hydrogen-bond acceptors (Lipinski definition) is 4. The molecule has 2 heterocycles. The molecular formula is C18H13F3N2O3S. The summed E-state index contributed by atoms with van der Waals surface area (Å²) in [7, 11) is 0. The summed E-state index contributed by atoms with van der Waals surface area (Å²) in [5.74, 6) is -0.981. The zero-order valence-electron chi connectivity index (χ0n) is 13.7. The Labute approximate surface area is 155 Å². The van der Waals surface area contributed by atoms with Gasteiger partial charge in [0.25, 0.3) is 0 Å². The van der Waals surface area contributed by atoms with Crippen molar-refractivity contribution in [1.29, 1.82) is 0 Å². The van der Waals surface area contributed by atoms with Crippen LogP contribution in [0.15, 0.2) is 57.6 Å². The van der Waals surface area contributed by atoms with Gasteiger partial charge in [-0.3, -0.25) is 9.59 Å². The van der Waals surface area contributed by atoms with Gasteiger partial charge in [0.2, 0.25) is 0 Å². The minimum absolute atomic E-state index is 0.0288. The molecule has 2 amide bonds. The van der Waals surface area contributed by atoms with Gasteiger partial charge in [0.1, 0.15) is 11.5 Å². The standard InChI is InChI=1S/C18H13F3N2O3S/c19-18(20,21)12-2-1-3-13(8-12)23-17(25)16(24)22-9-14-4-5-15(26-14)11-6-7-27-10-11/h1-8,10H,9H2,(H,22,24)(H,23,25). The minimum atomic E-state index is -4.54. The molecule has 2 aromatic heterocycles. The van der Waals surface area contributed by atoms with Gasteiger partial charge in [-0.15, -0.1) is 0 Å². The maximum Gasteiger partial charge on any atom is 0.416 e. The number of anilines is 1. The van der Waals surface area contributed by atoms with Crippen molar-refractivity contribution in [1.82, 2.24) is 5.32 Å². The molecule has 0 bridgehead atoms. The predicted octanol–water partition coefficient (Wildman–Crippen LogP) is 4.28. The SMILES string of the molecule is O=C(NCc1ccc(-c2ccsc2)o1)C(=O)Nc1cccc(C(F)(F)F)c1. The van der Waals surface area contributed by atoms with Crippen molar-refractivity contribution in [2.45, 2.75) is 12.7 Å². The van der Waals surface area contributed by atoms with Crippen LogP contribution >= 0.6 is 11.3 Å². The molecule has 3 rings (SSSR count). The molecule has 2 N–H and O–H groups in total. The summed E-state index contributed by atoms with van der Waals surface area (Å²) in [6, 6.07) is 9.33. The molecular weight excluding hydrogens is 381 g/mol. The van der Waals surface area contributed by atoms with E-state index in [0.29, 0.717) is 11.5 Å². The third kappa shape index (κ3) is 4.76. The quantitative estimate of drug-likeness (QED) is 0.649. The second-order valence-corrected chi connectivity index (χ2v) is 6.27. The Morgan fingerprint density at radius 3 is 2.59 bits per heavy atom. The van der Waals surface area contributed by atoms with Crippen molar-refractivity contribution in [3.8, 4) is 11.3 Å². The Kier molecular flexibility index (Phi) is 5.31. The number of carbonyl (C=O) groups excluding carboxylic acids is 2.